The van der Waals surface area contributed by atoms with Crippen molar-refractivity contribution in [1.29, 1.82) is 0 Å². The number of hydrogen-bond donors (Lipinski definition) is 0. The van der Waals surface area contributed by atoms with Crippen molar-refractivity contribution in [2.24, 2.45) is 0 Å². The summed E-state index contributed by atoms with van der Waals surface area (Å²) in [4.78, 5) is 10.9. The van der Waals surface area contributed by atoms with Gasteiger partial charge in [0.05, 0.1) is 33.5 Å². The molecule has 222 valence electrons. The first-order chi connectivity index (χ1) is 23.8. The second-order valence-corrected chi connectivity index (χ2v) is 12.6. The van der Waals surface area contributed by atoms with Gasteiger partial charge in [-0.1, -0.05) is 127 Å². The maximum Gasteiger partial charge on any atom is 0.235 e. The van der Waals surface area contributed by atoms with Crippen molar-refractivity contribution >= 4 is 54.4 Å². The Bertz CT molecular complexity index is 2890. The van der Waals surface area contributed by atoms with E-state index in [1.165, 1.54) is 48.9 Å². The van der Waals surface area contributed by atoms with Crippen LogP contribution >= 0.6 is 0 Å². The minimum absolute atomic E-state index is 0.669. The minimum Gasteiger partial charge on any atom is -0.309 e. The van der Waals surface area contributed by atoms with Gasteiger partial charge < -0.3 is 4.57 Å². The SMILES string of the molecule is c1ccc(-c2nc(-n3c4ccccc4c4ccc(-n5c6ccccc6c6ccccc65)cc43)nc3c2-c2cccc4cccc-3c24)cc1. The van der Waals surface area contributed by atoms with Crippen LogP contribution in [-0.2, 0) is 0 Å². The average Bonchev–Trinajstić information content (AvgIpc) is 3.78. The molecule has 0 amide bonds. The Labute approximate surface area is 275 Å². The molecule has 0 saturated carbocycles. The normalized spacial score (nSPS) is 12.2. The Hall–Kier alpha value is -6.52. The van der Waals surface area contributed by atoms with Crippen molar-refractivity contribution in [3.63, 3.8) is 0 Å². The quantitative estimate of drug-likeness (QED) is 0.199. The third kappa shape index (κ3) is 3.38. The molecule has 0 saturated heterocycles. The van der Waals surface area contributed by atoms with Crippen molar-refractivity contribution in [1.82, 2.24) is 19.1 Å². The molecule has 4 nitrogen and oxygen atoms in total. The van der Waals surface area contributed by atoms with Crippen LogP contribution in [0.2, 0.25) is 0 Å². The van der Waals surface area contributed by atoms with Crippen molar-refractivity contribution in [2.45, 2.75) is 0 Å². The summed E-state index contributed by atoms with van der Waals surface area (Å²) >= 11 is 0. The molecule has 0 aliphatic heterocycles. The highest BCUT2D eigenvalue weighted by atomic mass is 15.2. The first-order valence-electron chi connectivity index (χ1n) is 16.4. The summed E-state index contributed by atoms with van der Waals surface area (Å²) in [5.74, 6) is 0.669. The van der Waals surface area contributed by atoms with Gasteiger partial charge in [0.1, 0.15) is 0 Å². The van der Waals surface area contributed by atoms with E-state index in [4.69, 9.17) is 9.97 Å². The summed E-state index contributed by atoms with van der Waals surface area (Å²) < 4.78 is 4.64. The zero-order valence-corrected chi connectivity index (χ0v) is 25.8. The van der Waals surface area contributed by atoms with Gasteiger partial charge in [0.15, 0.2) is 0 Å². The highest BCUT2D eigenvalue weighted by molar-refractivity contribution is 6.17. The fourth-order valence-electron chi connectivity index (χ4n) is 8.06. The molecule has 7 aromatic carbocycles. The molecule has 0 atom stereocenters. The molecule has 3 aromatic heterocycles. The molecule has 48 heavy (non-hydrogen) atoms. The maximum absolute atomic E-state index is 5.46. The van der Waals surface area contributed by atoms with Crippen LogP contribution in [0.25, 0.3) is 99.7 Å². The van der Waals surface area contributed by atoms with Crippen LogP contribution in [0.4, 0.5) is 0 Å². The van der Waals surface area contributed by atoms with Gasteiger partial charge in [0.25, 0.3) is 0 Å². The lowest BCUT2D eigenvalue weighted by Gasteiger charge is -2.14. The summed E-state index contributed by atoms with van der Waals surface area (Å²) in [6.45, 7) is 0. The summed E-state index contributed by atoms with van der Waals surface area (Å²) in [5.41, 5.74) is 12.1. The van der Waals surface area contributed by atoms with E-state index in [1.54, 1.807) is 0 Å². The van der Waals surface area contributed by atoms with E-state index in [1.807, 2.05) is 0 Å². The lowest BCUT2D eigenvalue weighted by molar-refractivity contribution is 0.998. The monoisotopic (exact) mass is 610 g/mol. The van der Waals surface area contributed by atoms with Gasteiger partial charge in [-0.2, -0.15) is 0 Å². The molecule has 0 fully saturated rings. The van der Waals surface area contributed by atoms with Gasteiger partial charge in [-0.25, -0.2) is 9.97 Å². The van der Waals surface area contributed by atoms with Gasteiger partial charge in [0.2, 0.25) is 5.95 Å². The standard InChI is InChI=1S/C44H26N4/c1-2-12-28(13-3-1)42-41-34-19-10-14-27-15-11-20-35(40(27)34)43(41)46-44(45-42)48-38-23-9-6-18-32(38)33-25-24-29(26-39(33)48)47-36-21-7-4-16-30(36)31-17-5-8-22-37(31)47/h1-26H. The highest BCUT2D eigenvalue weighted by Crippen LogP contribution is 2.50. The molecular weight excluding hydrogens is 585 g/mol. The van der Waals surface area contributed by atoms with Gasteiger partial charge in [-0.3, -0.25) is 4.57 Å². The van der Waals surface area contributed by atoms with Crippen LogP contribution < -0.4 is 0 Å². The smallest absolute Gasteiger partial charge is 0.235 e. The molecule has 1 aliphatic carbocycles. The molecular formula is C44H26N4. The molecule has 0 N–H and O–H groups in total. The van der Waals surface area contributed by atoms with Crippen LogP contribution in [0, 0.1) is 0 Å². The maximum atomic E-state index is 5.46. The fraction of sp³-hybridized carbons (Fsp3) is 0. The average molecular weight is 611 g/mol. The zero-order valence-electron chi connectivity index (χ0n) is 25.8. The van der Waals surface area contributed by atoms with E-state index in [0.29, 0.717) is 5.95 Å². The second kappa shape index (κ2) is 9.50. The Kier molecular flexibility index (Phi) is 5.08. The van der Waals surface area contributed by atoms with Crippen LogP contribution in [0.1, 0.15) is 0 Å². The molecule has 0 unspecified atom stereocenters. The number of aromatic nitrogens is 4. The zero-order chi connectivity index (χ0) is 31.3. The molecule has 4 heteroatoms. The summed E-state index contributed by atoms with van der Waals surface area (Å²) in [7, 11) is 0. The summed E-state index contributed by atoms with van der Waals surface area (Å²) in [5, 5.41) is 7.31. The number of benzene rings is 7. The van der Waals surface area contributed by atoms with Crippen molar-refractivity contribution in [2.75, 3.05) is 0 Å². The number of fused-ring (bicyclic) bond motifs is 9. The first-order valence-corrected chi connectivity index (χ1v) is 16.4. The van der Waals surface area contributed by atoms with E-state index in [-0.39, 0.29) is 0 Å². The third-order valence-corrected chi connectivity index (χ3v) is 10.1. The van der Waals surface area contributed by atoms with Gasteiger partial charge >= 0.3 is 0 Å². The Morgan fingerprint density at radius 1 is 0.396 bits per heavy atom. The summed E-state index contributed by atoms with van der Waals surface area (Å²) in [6, 6.07) is 56.4. The molecule has 10 aromatic rings. The molecule has 3 heterocycles. The van der Waals surface area contributed by atoms with Gasteiger partial charge in [0, 0.05) is 43.9 Å². The van der Waals surface area contributed by atoms with Crippen molar-refractivity contribution < 1.29 is 0 Å². The Morgan fingerprint density at radius 2 is 0.958 bits per heavy atom. The van der Waals surface area contributed by atoms with Crippen LogP contribution in [0.15, 0.2) is 158 Å². The number of para-hydroxylation sites is 3. The molecule has 1 aliphatic rings. The molecule has 0 radical (unpaired) electrons. The Balaban J connectivity index is 1.25. The molecule has 0 bridgehead atoms. The van der Waals surface area contributed by atoms with E-state index >= 15 is 0 Å². The topological polar surface area (TPSA) is 35.6 Å². The van der Waals surface area contributed by atoms with Crippen LogP contribution in [0.5, 0.6) is 0 Å². The van der Waals surface area contributed by atoms with E-state index in [0.717, 1.165) is 44.8 Å². The summed E-state index contributed by atoms with van der Waals surface area (Å²) in [6.07, 6.45) is 0. The van der Waals surface area contributed by atoms with Crippen molar-refractivity contribution in [3.8, 4) is 45.3 Å². The van der Waals surface area contributed by atoms with Gasteiger partial charge in [-0.05, 0) is 46.7 Å². The number of rotatable bonds is 3. The second-order valence-electron chi connectivity index (χ2n) is 12.6. The minimum atomic E-state index is 0.669. The molecule has 0 spiro atoms. The lowest BCUT2D eigenvalue weighted by Crippen LogP contribution is -2.05. The first kappa shape index (κ1) is 25.6. The molecule has 11 rings (SSSR count). The van der Waals surface area contributed by atoms with Gasteiger partial charge in [-0.15, -0.1) is 0 Å². The number of nitrogens with zero attached hydrogens (tertiary/aromatic N) is 4. The van der Waals surface area contributed by atoms with E-state index < -0.39 is 0 Å². The number of hydrogen-bond acceptors (Lipinski definition) is 2. The van der Waals surface area contributed by atoms with Crippen molar-refractivity contribution in [3.05, 3.63) is 158 Å². The largest absolute Gasteiger partial charge is 0.309 e. The Morgan fingerprint density at radius 3 is 1.65 bits per heavy atom. The predicted molar refractivity (Wildman–Crippen MR) is 198 cm³/mol. The van der Waals surface area contributed by atoms with E-state index in [9.17, 15) is 0 Å². The fourth-order valence-corrected chi connectivity index (χ4v) is 8.06. The van der Waals surface area contributed by atoms with E-state index in [2.05, 4.69) is 167 Å². The third-order valence-electron chi connectivity index (χ3n) is 10.1. The highest BCUT2D eigenvalue weighted by Gasteiger charge is 2.29. The lowest BCUT2D eigenvalue weighted by atomic mass is 10.00. The van der Waals surface area contributed by atoms with Crippen LogP contribution in [0.3, 0.4) is 0 Å². The van der Waals surface area contributed by atoms with Crippen LogP contribution in [-0.4, -0.2) is 19.1 Å². The predicted octanol–water partition coefficient (Wildman–Crippen LogP) is 11.1.